The van der Waals surface area contributed by atoms with Gasteiger partial charge in [-0.05, 0) is 50.3 Å². The van der Waals surface area contributed by atoms with Gasteiger partial charge in [-0.25, -0.2) is 0 Å². The molecular formula is C28H26N4O5S2. The molecule has 0 saturated carbocycles. The van der Waals surface area contributed by atoms with Gasteiger partial charge in [-0.15, -0.1) is 0 Å². The SMILES string of the molecule is CCN(CC)c1ccc(/C=C2/SC(=S)N(c3ccccc3)C2=O)c(OCC(=O)Nc2cccc([N+](=O)[O-])c2)c1. The molecule has 0 aliphatic carbocycles. The van der Waals surface area contributed by atoms with Crippen molar-refractivity contribution in [1.82, 2.24) is 0 Å². The first-order valence-electron chi connectivity index (χ1n) is 12.2. The Kier molecular flexibility index (Phi) is 8.95. The van der Waals surface area contributed by atoms with Crippen molar-refractivity contribution < 1.29 is 19.2 Å². The van der Waals surface area contributed by atoms with Crippen LogP contribution in [-0.2, 0) is 9.59 Å². The van der Waals surface area contributed by atoms with Gasteiger partial charge < -0.3 is 15.0 Å². The molecule has 1 aliphatic heterocycles. The number of hydrogen-bond acceptors (Lipinski definition) is 8. The topological polar surface area (TPSA) is 105 Å². The van der Waals surface area contributed by atoms with Gasteiger partial charge in [0.15, 0.2) is 10.9 Å². The Balaban J connectivity index is 1.58. The Labute approximate surface area is 235 Å². The van der Waals surface area contributed by atoms with Crippen LogP contribution in [-0.4, -0.2) is 40.8 Å². The van der Waals surface area contributed by atoms with Crippen LogP contribution in [0.2, 0.25) is 0 Å². The molecule has 3 aromatic rings. The van der Waals surface area contributed by atoms with Crippen molar-refractivity contribution in [1.29, 1.82) is 0 Å². The zero-order chi connectivity index (χ0) is 27.9. The van der Waals surface area contributed by atoms with E-state index in [1.807, 2.05) is 62.4 Å². The third-order valence-electron chi connectivity index (χ3n) is 5.92. The summed E-state index contributed by atoms with van der Waals surface area (Å²) in [6, 6.07) is 20.5. The smallest absolute Gasteiger partial charge is 0.271 e. The molecule has 1 aliphatic rings. The van der Waals surface area contributed by atoms with Crippen LogP contribution >= 0.6 is 24.0 Å². The van der Waals surface area contributed by atoms with Gasteiger partial charge in [0.25, 0.3) is 17.5 Å². The number of carbonyl (C=O) groups excluding carboxylic acids is 2. The highest BCUT2D eigenvalue weighted by Gasteiger charge is 2.33. The Morgan fingerprint density at radius 3 is 2.54 bits per heavy atom. The van der Waals surface area contributed by atoms with E-state index in [9.17, 15) is 19.7 Å². The van der Waals surface area contributed by atoms with E-state index < -0.39 is 10.8 Å². The second-order valence-electron chi connectivity index (χ2n) is 8.39. The standard InChI is InChI=1S/C28H26N4O5S2/c1-3-30(4-2)22-14-13-19(15-25-27(34)31(28(38)39-25)21-10-6-5-7-11-21)24(17-22)37-18-26(33)29-20-9-8-12-23(16-20)32(35)36/h5-17H,3-4,18H2,1-2H3,(H,29,33)/b25-15+. The normalized spacial score (nSPS) is 14.0. The fourth-order valence-corrected chi connectivity index (χ4v) is 5.29. The van der Waals surface area contributed by atoms with Crippen LogP contribution in [0.4, 0.5) is 22.7 Å². The Morgan fingerprint density at radius 2 is 1.85 bits per heavy atom. The lowest BCUT2D eigenvalue weighted by atomic mass is 10.1. The molecule has 0 spiro atoms. The van der Waals surface area contributed by atoms with Crippen LogP contribution in [0.1, 0.15) is 19.4 Å². The number of para-hydroxylation sites is 1. The average Bonchev–Trinajstić information content (AvgIpc) is 3.21. The highest BCUT2D eigenvalue weighted by molar-refractivity contribution is 8.27. The van der Waals surface area contributed by atoms with Crippen LogP contribution in [0.15, 0.2) is 77.7 Å². The molecule has 3 aromatic carbocycles. The number of carbonyl (C=O) groups is 2. The van der Waals surface area contributed by atoms with Gasteiger partial charge in [-0.3, -0.25) is 24.6 Å². The number of anilines is 3. The molecule has 11 heteroatoms. The lowest BCUT2D eigenvalue weighted by Gasteiger charge is -2.22. The first-order valence-corrected chi connectivity index (χ1v) is 13.4. The largest absolute Gasteiger partial charge is 0.483 e. The van der Waals surface area contributed by atoms with Gasteiger partial charge in [-0.2, -0.15) is 0 Å². The number of nitrogens with zero attached hydrogens (tertiary/aromatic N) is 3. The molecule has 1 heterocycles. The minimum absolute atomic E-state index is 0.129. The van der Waals surface area contributed by atoms with E-state index in [4.69, 9.17) is 17.0 Å². The molecule has 39 heavy (non-hydrogen) atoms. The maximum Gasteiger partial charge on any atom is 0.271 e. The second kappa shape index (κ2) is 12.5. The Hall–Kier alpha value is -4.22. The van der Waals surface area contributed by atoms with Crippen molar-refractivity contribution in [2.75, 3.05) is 34.8 Å². The van der Waals surface area contributed by atoms with Crippen LogP contribution in [0.25, 0.3) is 6.08 Å². The minimum atomic E-state index is -0.530. The summed E-state index contributed by atoms with van der Waals surface area (Å²) in [5.74, 6) is -0.304. The number of nitro groups is 1. The zero-order valence-corrected chi connectivity index (χ0v) is 23.0. The first-order chi connectivity index (χ1) is 18.8. The van der Waals surface area contributed by atoms with Crippen molar-refractivity contribution >= 4 is 68.9 Å². The molecule has 4 rings (SSSR count). The molecule has 0 radical (unpaired) electrons. The maximum absolute atomic E-state index is 13.2. The number of nitrogens with one attached hydrogen (secondary N) is 1. The summed E-state index contributed by atoms with van der Waals surface area (Å²) in [6.07, 6.45) is 1.71. The number of hydrogen-bond donors (Lipinski definition) is 1. The summed E-state index contributed by atoms with van der Waals surface area (Å²) < 4.78 is 6.36. The minimum Gasteiger partial charge on any atom is -0.483 e. The van der Waals surface area contributed by atoms with Crippen LogP contribution in [0, 0.1) is 10.1 Å². The van der Waals surface area contributed by atoms with Crippen molar-refractivity contribution in [3.05, 3.63) is 93.4 Å². The molecular weight excluding hydrogens is 536 g/mol. The predicted molar refractivity (Wildman–Crippen MR) is 159 cm³/mol. The summed E-state index contributed by atoms with van der Waals surface area (Å²) >= 11 is 6.68. The first kappa shape index (κ1) is 27.8. The van der Waals surface area contributed by atoms with Gasteiger partial charge in [-0.1, -0.05) is 48.2 Å². The van der Waals surface area contributed by atoms with E-state index in [1.54, 1.807) is 12.1 Å². The third kappa shape index (κ3) is 6.62. The maximum atomic E-state index is 13.2. The lowest BCUT2D eigenvalue weighted by molar-refractivity contribution is -0.384. The monoisotopic (exact) mass is 562 g/mol. The highest BCUT2D eigenvalue weighted by Crippen LogP contribution is 2.38. The van der Waals surface area contributed by atoms with E-state index in [-0.39, 0.29) is 18.2 Å². The van der Waals surface area contributed by atoms with E-state index in [0.29, 0.717) is 31.9 Å². The number of thiocarbonyl (C=S) groups is 1. The summed E-state index contributed by atoms with van der Waals surface area (Å²) in [7, 11) is 0. The van der Waals surface area contributed by atoms with Crippen LogP contribution in [0.5, 0.6) is 5.75 Å². The Morgan fingerprint density at radius 1 is 1.10 bits per heavy atom. The number of ether oxygens (including phenoxy) is 1. The third-order valence-corrected chi connectivity index (χ3v) is 7.22. The van der Waals surface area contributed by atoms with E-state index in [1.165, 1.54) is 34.9 Å². The van der Waals surface area contributed by atoms with Crippen molar-refractivity contribution in [3.63, 3.8) is 0 Å². The summed E-state index contributed by atoms with van der Waals surface area (Å²) in [4.78, 5) is 40.4. The van der Waals surface area contributed by atoms with Crippen molar-refractivity contribution in [3.8, 4) is 5.75 Å². The van der Waals surface area contributed by atoms with Gasteiger partial charge >= 0.3 is 0 Å². The van der Waals surface area contributed by atoms with Crippen molar-refractivity contribution in [2.45, 2.75) is 13.8 Å². The van der Waals surface area contributed by atoms with E-state index in [2.05, 4.69) is 10.2 Å². The van der Waals surface area contributed by atoms with Gasteiger partial charge in [0.2, 0.25) is 0 Å². The summed E-state index contributed by atoms with van der Waals surface area (Å²) in [6.45, 7) is 5.30. The Bertz CT molecular complexity index is 1440. The number of non-ortho nitro benzene ring substituents is 1. The molecule has 0 atom stereocenters. The van der Waals surface area contributed by atoms with Gasteiger partial charge in [0, 0.05) is 48.2 Å². The van der Waals surface area contributed by atoms with Crippen molar-refractivity contribution in [2.24, 2.45) is 0 Å². The number of thioether (sulfide) groups is 1. The second-order valence-corrected chi connectivity index (χ2v) is 10.1. The number of rotatable bonds is 10. The van der Waals surface area contributed by atoms with E-state index >= 15 is 0 Å². The highest BCUT2D eigenvalue weighted by atomic mass is 32.2. The quantitative estimate of drug-likeness (QED) is 0.142. The molecule has 1 N–H and O–H groups in total. The van der Waals surface area contributed by atoms with Gasteiger partial charge in [0.1, 0.15) is 5.75 Å². The molecule has 0 bridgehead atoms. The molecule has 1 fully saturated rings. The molecule has 9 nitrogen and oxygen atoms in total. The van der Waals surface area contributed by atoms with Gasteiger partial charge in [0.05, 0.1) is 15.5 Å². The van der Waals surface area contributed by atoms with E-state index in [0.717, 1.165) is 18.8 Å². The van der Waals surface area contributed by atoms with Crippen LogP contribution < -0.4 is 19.9 Å². The van der Waals surface area contributed by atoms with Crippen LogP contribution in [0.3, 0.4) is 0 Å². The molecule has 1 saturated heterocycles. The lowest BCUT2D eigenvalue weighted by Crippen LogP contribution is -2.27. The molecule has 2 amide bonds. The summed E-state index contributed by atoms with van der Waals surface area (Å²) in [5, 5.41) is 13.7. The number of amides is 2. The average molecular weight is 563 g/mol. The molecule has 200 valence electrons. The molecule has 0 aromatic heterocycles. The zero-order valence-electron chi connectivity index (χ0n) is 21.3. The predicted octanol–water partition coefficient (Wildman–Crippen LogP) is 5.86. The fourth-order valence-electron chi connectivity index (χ4n) is 4.00. The number of nitro benzene ring substituents is 1. The summed E-state index contributed by atoms with van der Waals surface area (Å²) in [5.41, 5.74) is 2.37. The molecule has 0 unspecified atom stereocenters. The number of benzene rings is 3. The fraction of sp³-hybridized carbons (Fsp3) is 0.179.